The highest BCUT2D eigenvalue weighted by Gasteiger charge is 2.23. The molecule has 4 rings (SSSR count). The normalized spacial score (nSPS) is 13.9. The van der Waals surface area contributed by atoms with Crippen molar-refractivity contribution in [1.29, 1.82) is 0 Å². The van der Waals surface area contributed by atoms with E-state index < -0.39 is 6.09 Å². The Kier molecular flexibility index (Phi) is 9.08. The van der Waals surface area contributed by atoms with Gasteiger partial charge in [0.1, 0.15) is 12.4 Å². The first kappa shape index (κ1) is 22.6. The predicted molar refractivity (Wildman–Crippen MR) is 116 cm³/mol. The first-order chi connectivity index (χ1) is 14.6. The van der Waals surface area contributed by atoms with E-state index in [2.05, 4.69) is 22.1 Å². The van der Waals surface area contributed by atoms with Crippen LogP contribution in [0.4, 0.5) is 9.18 Å². The number of aromatic nitrogens is 1. The highest BCUT2D eigenvalue weighted by molar-refractivity contribution is 5.70. The van der Waals surface area contributed by atoms with Gasteiger partial charge in [0.25, 0.3) is 0 Å². The molecule has 2 aromatic carbocycles. The minimum absolute atomic E-state index is 0.147. The second-order valence-electron chi connectivity index (χ2n) is 6.22. The van der Waals surface area contributed by atoms with Crippen LogP contribution in [0.1, 0.15) is 42.1 Å². The summed E-state index contributed by atoms with van der Waals surface area (Å²) in [6.07, 6.45) is 3.04. The van der Waals surface area contributed by atoms with Gasteiger partial charge in [-0.15, -0.1) is 0 Å². The third-order valence-corrected chi connectivity index (χ3v) is 3.94. The van der Waals surface area contributed by atoms with E-state index in [1.165, 1.54) is 17.7 Å². The van der Waals surface area contributed by atoms with Crippen LogP contribution in [0, 0.1) is 24.6 Å². The summed E-state index contributed by atoms with van der Waals surface area (Å²) in [5, 5.41) is 2.73. The number of carbonyl (C=O) groups excluding carboxylic acids is 1. The topological polar surface area (TPSA) is 51.2 Å². The lowest BCUT2D eigenvalue weighted by atomic mass is 10.1. The number of cyclic esters (lactones) is 1. The van der Waals surface area contributed by atoms with Crippen molar-refractivity contribution in [1.82, 2.24) is 10.3 Å². The number of carbonyl (C=O) groups is 1. The molecule has 4 nitrogen and oxygen atoms in total. The molecule has 0 bridgehead atoms. The number of pyridine rings is 1. The minimum Gasteiger partial charge on any atom is -0.447 e. The van der Waals surface area contributed by atoms with E-state index in [4.69, 9.17) is 4.74 Å². The quantitative estimate of drug-likeness (QED) is 0.551. The third kappa shape index (κ3) is 7.40. The molecular formula is C25H25FN2O2. The van der Waals surface area contributed by atoms with Crippen LogP contribution in [0.3, 0.4) is 0 Å². The molecule has 1 fully saturated rings. The number of benzene rings is 2. The second kappa shape index (κ2) is 12.0. The molecule has 30 heavy (non-hydrogen) atoms. The Hall–Kier alpha value is -3.65. The number of nitrogens with one attached hydrogen (secondary N) is 1. The molecule has 0 radical (unpaired) electrons. The predicted octanol–water partition coefficient (Wildman–Crippen LogP) is 5.42. The average Bonchev–Trinajstić information content (AvgIpc) is 3.21. The summed E-state index contributed by atoms with van der Waals surface area (Å²) >= 11 is 0. The zero-order valence-corrected chi connectivity index (χ0v) is 17.4. The van der Waals surface area contributed by atoms with E-state index in [1.807, 2.05) is 51.1 Å². The molecule has 1 atom stereocenters. The lowest BCUT2D eigenvalue weighted by molar-refractivity contribution is 0.177. The van der Waals surface area contributed by atoms with Crippen molar-refractivity contribution in [3.63, 3.8) is 0 Å². The van der Waals surface area contributed by atoms with Crippen molar-refractivity contribution < 1.29 is 13.9 Å². The van der Waals surface area contributed by atoms with Crippen LogP contribution in [0.2, 0.25) is 0 Å². The molecule has 1 amide bonds. The molecule has 0 aliphatic carbocycles. The fraction of sp³-hybridized carbons (Fsp3) is 0.200. The monoisotopic (exact) mass is 404 g/mol. The molecule has 1 aromatic heterocycles. The molecule has 1 unspecified atom stereocenters. The van der Waals surface area contributed by atoms with Gasteiger partial charge in [0.2, 0.25) is 0 Å². The summed E-state index contributed by atoms with van der Waals surface area (Å²) in [5.41, 5.74) is 3.87. The third-order valence-electron chi connectivity index (χ3n) is 3.94. The first-order valence-corrected chi connectivity index (χ1v) is 9.77. The molecule has 2 heterocycles. The summed E-state index contributed by atoms with van der Waals surface area (Å²) < 4.78 is 16.8. The molecular weight excluding hydrogens is 379 g/mol. The SMILES string of the molecule is CC.Cc1cccc(C#Cc2cncc(C3COC(=O)N3)c2)c1.Fc1ccccc1. The molecule has 1 aliphatic rings. The van der Waals surface area contributed by atoms with Crippen LogP contribution in [0.5, 0.6) is 0 Å². The van der Waals surface area contributed by atoms with Gasteiger partial charge in [0.15, 0.2) is 0 Å². The Balaban J connectivity index is 0.000000299. The largest absolute Gasteiger partial charge is 0.447 e. The van der Waals surface area contributed by atoms with E-state index in [0.29, 0.717) is 6.61 Å². The number of halogens is 1. The molecule has 1 N–H and O–H groups in total. The van der Waals surface area contributed by atoms with Gasteiger partial charge in [0, 0.05) is 23.5 Å². The Bertz CT molecular complexity index is 1010. The molecule has 5 heteroatoms. The first-order valence-electron chi connectivity index (χ1n) is 9.77. The van der Waals surface area contributed by atoms with Crippen molar-refractivity contribution in [3.05, 3.63) is 101 Å². The van der Waals surface area contributed by atoms with Crippen molar-refractivity contribution in [3.8, 4) is 11.8 Å². The van der Waals surface area contributed by atoms with Gasteiger partial charge in [-0.3, -0.25) is 4.98 Å². The molecule has 0 spiro atoms. The Morgan fingerprint density at radius 3 is 2.33 bits per heavy atom. The smallest absolute Gasteiger partial charge is 0.407 e. The van der Waals surface area contributed by atoms with Crippen molar-refractivity contribution in [2.24, 2.45) is 0 Å². The molecule has 154 valence electrons. The Labute approximate surface area is 177 Å². The Morgan fingerprint density at radius 1 is 1.00 bits per heavy atom. The summed E-state index contributed by atoms with van der Waals surface area (Å²) in [4.78, 5) is 15.2. The van der Waals surface area contributed by atoms with Gasteiger partial charge >= 0.3 is 6.09 Å². The minimum atomic E-state index is -0.392. The molecule has 1 aliphatic heterocycles. The fourth-order valence-corrected chi connectivity index (χ4v) is 2.56. The maximum absolute atomic E-state index is 11.9. The van der Waals surface area contributed by atoms with Gasteiger partial charge < -0.3 is 10.1 Å². The summed E-state index contributed by atoms with van der Waals surface area (Å²) in [7, 11) is 0. The standard InChI is InChI=1S/C17H14N2O2.C6H5F.C2H6/c1-12-3-2-4-13(7-12)5-6-14-8-15(10-18-9-14)16-11-21-17(20)19-16;7-6-4-2-1-3-5-6;1-2/h2-4,7-10,16H,11H2,1H3,(H,19,20);1-5H;1-2H3. The van der Waals surface area contributed by atoms with E-state index in [9.17, 15) is 9.18 Å². The van der Waals surface area contributed by atoms with Crippen LogP contribution in [0.25, 0.3) is 0 Å². The van der Waals surface area contributed by atoms with Gasteiger partial charge in [-0.05, 0) is 48.4 Å². The van der Waals surface area contributed by atoms with Gasteiger partial charge in [-0.25, -0.2) is 9.18 Å². The number of rotatable bonds is 1. The van der Waals surface area contributed by atoms with Gasteiger partial charge in [-0.2, -0.15) is 0 Å². The number of amides is 1. The summed E-state index contributed by atoms with van der Waals surface area (Å²) in [6.45, 7) is 6.37. The van der Waals surface area contributed by atoms with Crippen molar-refractivity contribution >= 4 is 6.09 Å². The molecule has 0 saturated carbocycles. The van der Waals surface area contributed by atoms with Crippen LogP contribution in [-0.4, -0.2) is 17.7 Å². The number of aryl methyl sites for hydroxylation is 1. The Morgan fingerprint density at radius 2 is 1.73 bits per heavy atom. The zero-order valence-electron chi connectivity index (χ0n) is 17.4. The van der Waals surface area contributed by atoms with E-state index in [-0.39, 0.29) is 11.9 Å². The number of hydrogen-bond acceptors (Lipinski definition) is 3. The maximum Gasteiger partial charge on any atom is 0.407 e. The molecule has 1 saturated heterocycles. The average molecular weight is 404 g/mol. The molecule has 3 aromatic rings. The van der Waals surface area contributed by atoms with Crippen LogP contribution >= 0.6 is 0 Å². The van der Waals surface area contributed by atoms with Gasteiger partial charge in [-0.1, -0.05) is 56.0 Å². The highest BCUT2D eigenvalue weighted by atomic mass is 19.1. The van der Waals surface area contributed by atoms with Crippen molar-refractivity contribution in [2.75, 3.05) is 6.61 Å². The maximum atomic E-state index is 11.9. The van der Waals surface area contributed by atoms with E-state index >= 15 is 0 Å². The van der Waals surface area contributed by atoms with Crippen LogP contribution in [-0.2, 0) is 4.74 Å². The fourth-order valence-electron chi connectivity index (χ4n) is 2.56. The zero-order chi connectivity index (χ0) is 21.8. The summed E-state index contributed by atoms with van der Waals surface area (Å²) in [5.74, 6) is 6.04. The van der Waals surface area contributed by atoms with Crippen LogP contribution < -0.4 is 5.32 Å². The summed E-state index contributed by atoms with van der Waals surface area (Å²) in [6, 6.07) is 17.8. The van der Waals surface area contributed by atoms with Gasteiger partial charge in [0.05, 0.1) is 6.04 Å². The van der Waals surface area contributed by atoms with Crippen LogP contribution in [0.15, 0.2) is 73.1 Å². The highest BCUT2D eigenvalue weighted by Crippen LogP contribution is 2.17. The number of alkyl carbamates (subject to hydrolysis) is 1. The number of hydrogen-bond donors (Lipinski definition) is 1. The lowest BCUT2D eigenvalue weighted by Gasteiger charge is -2.06. The van der Waals surface area contributed by atoms with Crippen molar-refractivity contribution in [2.45, 2.75) is 26.8 Å². The van der Waals surface area contributed by atoms with E-state index in [1.54, 1.807) is 30.6 Å². The van der Waals surface area contributed by atoms with E-state index in [0.717, 1.165) is 16.7 Å². The number of ether oxygens (including phenoxy) is 1. The number of nitrogens with zero attached hydrogens (tertiary/aromatic N) is 1. The lowest BCUT2D eigenvalue weighted by Crippen LogP contribution is -2.18. The second-order valence-corrected chi connectivity index (χ2v) is 6.22.